The van der Waals surface area contributed by atoms with Gasteiger partial charge in [0.1, 0.15) is 6.33 Å². The Hall–Kier alpha value is -2.96. The van der Waals surface area contributed by atoms with Gasteiger partial charge in [0.05, 0.1) is 5.69 Å². The van der Waals surface area contributed by atoms with Gasteiger partial charge in [-0.15, -0.1) is 10.2 Å². The molecule has 0 unspecified atom stereocenters. The molecule has 4 rings (SSSR count). The van der Waals surface area contributed by atoms with Crippen molar-refractivity contribution >= 4 is 11.9 Å². The topological polar surface area (TPSA) is 88.5 Å². The fraction of sp³-hybridized carbons (Fsp3) is 0.250. The van der Waals surface area contributed by atoms with E-state index < -0.39 is 0 Å². The van der Waals surface area contributed by atoms with E-state index in [9.17, 15) is 4.79 Å². The molecule has 0 fully saturated rings. The predicted octanol–water partition coefficient (Wildman–Crippen LogP) is 2.12. The molecule has 23 heavy (non-hydrogen) atoms. The van der Waals surface area contributed by atoms with Crippen LogP contribution in [0.1, 0.15) is 34.6 Å². The molecular weight excluding hydrogens is 292 g/mol. The van der Waals surface area contributed by atoms with E-state index >= 15 is 0 Å². The van der Waals surface area contributed by atoms with Crippen LogP contribution in [0.25, 0.3) is 5.69 Å². The number of carbonyl (C=O) groups excluding carboxylic acids is 1. The number of hydrogen-bond acceptors (Lipinski definition) is 4. The van der Waals surface area contributed by atoms with Crippen LogP contribution < -0.4 is 5.32 Å². The Morgan fingerprint density at radius 3 is 2.87 bits per heavy atom. The standard InChI is InChI=1S/C16H16N6O/c23-15(14-12-8-4-5-9-13(12)19-20-14)18-16-21-17-10-22(16)11-6-2-1-3-7-11/h1-3,6-7,10H,4-5,8-9H2,(H,19,20)(H,18,21,23). The molecule has 2 heterocycles. The summed E-state index contributed by atoms with van der Waals surface area (Å²) >= 11 is 0. The van der Waals surface area contributed by atoms with E-state index in [1.807, 2.05) is 30.3 Å². The molecule has 116 valence electrons. The van der Waals surface area contributed by atoms with E-state index in [1.165, 1.54) is 0 Å². The molecule has 3 aromatic rings. The first-order valence-electron chi connectivity index (χ1n) is 7.66. The van der Waals surface area contributed by atoms with Crippen molar-refractivity contribution in [3.63, 3.8) is 0 Å². The summed E-state index contributed by atoms with van der Waals surface area (Å²) in [4.78, 5) is 12.6. The Balaban J connectivity index is 1.61. The fourth-order valence-electron chi connectivity index (χ4n) is 2.93. The molecule has 1 amide bonds. The third kappa shape index (κ3) is 2.50. The first kappa shape index (κ1) is 13.7. The predicted molar refractivity (Wildman–Crippen MR) is 84.5 cm³/mol. The largest absolute Gasteiger partial charge is 0.289 e. The van der Waals surface area contributed by atoms with Crippen LogP contribution in [-0.4, -0.2) is 30.9 Å². The highest BCUT2D eigenvalue weighted by Crippen LogP contribution is 2.23. The van der Waals surface area contributed by atoms with E-state index in [4.69, 9.17) is 0 Å². The lowest BCUT2D eigenvalue weighted by molar-refractivity contribution is 0.102. The van der Waals surface area contributed by atoms with Crippen LogP contribution in [-0.2, 0) is 12.8 Å². The first-order valence-corrected chi connectivity index (χ1v) is 7.66. The maximum Gasteiger partial charge on any atom is 0.278 e. The molecule has 0 spiro atoms. The minimum absolute atomic E-state index is 0.255. The van der Waals surface area contributed by atoms with Crippen molar-refractivity contribution in [2.24, 2.45) is 0 Å². The summed E-state index contributed by atoms with van der Waals surface area (Å²) in [5.41, 5.74) is 3.45. The second-order valence-electron chi connectivity index (χ2n) is 5.55. The van der Waals surface area contributed by atoms with E-state index in [2.05, 4.69) is 25.7 Å². The van der Waals surface area contributed by atoms with Crippen LogP contribution >= 0.6 is 0 Å². The number of para-hydroxylation sites is 1. The van der Waals surface area contributed by atoms with Crippen molar-refractivity contribution in [1.82, 2.24) is 25.0 Å². The van der Waals surface area contributed by atoms with Gasteiger partial charge in [0, 0.05) is 11.3 Å². The Bertz CT molecular complexity index is 835. The highest BCUT2D eigenvalue weighted by Gasteiger charge is 2.22. The van der Waals surface area contributed by atoms with Crippen molar-refractivity contribution in [2.45, 2.75) is 25.7 Å². The average molecular weight is 308 g/mol. The number of amides is 1. The van der Waals surface area contributed by atoms with Crippen molar-refractivity contribution in [3.05, 3.63) is 53.6 Å². The summed E-state index contributed by atoms with van der Waals surface area (Å²) in [6.45, 7) is 0. The number of fused-ring (bicyclic) bond motifs is 1. The maximum atomic E-state index is 12.6. The number of anilines is 1. The minimum Gasteiger partial charge on any atom is -0.289 e. The molecule has 0 aliphatic heterocycles. The molecule has 0 saturated heterocycles. The number of aryl methyl sites for hydroxylation is 1. The Morgan fingerprint density at radius 2 is 2.00 bits per heavy atom. The number of hydrogen-bond donors (Lipinski definition) is 2. The zero-order valence-corrected chi connectivity index (χ0v) is 12.5. The van der Waals surface area contributed by atoms with Gasteiger partial charge in [-0.1, -0.05) is 18.2 Å². The summed E-state index contributed by atoms with van der Waals surface area (Å²) in [5, 5.41) is 17.9. The quantitative estimate of drug-likeness (QED) is 0.775. The van der Waals surface area contributed by atoms with E-state index in [0.29, 0.717) is 11.6 Å². The van der Waals surface area contributed by atoms with E-state index in [-0.39, 0.29) is 5.91 Å². The zero-order chi connectivity index (χ0) is 15.6. The normalized spacial score (nSPS) is 13.6. The highest BCUT2D eigenvalue weighted by atomic mass is 16.2. The van der Waals surface area contributed by atoms with Crippen LogP contribution in [0.2, 0.25) is 0 Å². The van der Waals surface area contributed by atoms with Gasteiger partial charge in [0.25, 0.3) is 5.91 Å². The van der Waals surface area contributed by atoms with Gasteiger partial charge < -0.3 is 0 Å². The van der Waals surface area contributed by atoms with Gasteiger partial charge in [-0.2, -0.15) is 5.10 Å². The van der Waals surface area contributed by atoms with Crippen molar-refractivity contribution in [2.75, 3.05) is 5.32 Å². The summed E-state index contributed by atoms with van der Waals surface area (Å²) in [7, 11) is 0. The lowest BCUT2D eigenvalue weighted by Crippen LogP contribution is -2.18. The number of benzene rings is 1. The number of aromatic nitrogens is 5. The van der Waals surface area contributed by atoms with Gasteiger partial charge in [0.2, 0.25) is 5.95 Å². The molecule has 0 bridgehead atoms. The number of nitrogens with zero attached hydrogens (tertiary/aromatic N) is 4. The van der Waals surface area contributed by atoms with Crippen molar-refractivity contribution in [3.8, 4) is 5.69 Å². The van der Waals surface area contributed by atoms with Gasteiger partial charge in [0.15, 0.2) is 5.69 Å². The Morgan fingerprint density at radius 1 is 1.17 bits per heavy atom. The number of carbonyl (C=O) groups is 1. The minimum atomic E-state index is -0.255. The fourth-order valence-corrected chi connectivity index (χ4v) is 2.93. The van der Waals surface area contributed by atoms with Crippen molar-refractivity contribution < 1.29 is 4.79 Å². The van der Waals surface area contributed by atoms with Crippen LogP contribution in [0.3, 0.4) is 0 Å². The van der Waals surface area contributed by atoms with Crippen LogP contribution in [0, 0.1) is 0 Å². The van der Waals surface area contributed by atoms with Crippen molar-refractivity contribution in [1.29, 1.82) is 0 Å². The molecule has 7 heteroatoms. The monoisotopic (exact) mass is 308 g/mol. The number of aromatic amines is 1. The Kier molecular flexibility index (Phi) is 3.38. The average Bonchev–Trinajstić information content (AvgIpc) is 3.22. The molecular formula is C16H16N6O. The lowest BCUT2D eigenvalue weighted by atomic mass is 9.96. The second-order valence-corrected chi connectivity index (χ2v) is 5.55. The summed E-state index contributed by atoms with van der Waals surface area (Å²) in [6.07, 6.45) is 5.65. The molecule has 1 aromatic carbocycles. The molecule has 2 aromatic heterocycles. The zero-order valence-electron chi connectivity index (χ0n) is 12.5. The third-order valence-electron chi connectivity index (χ3n) is 4.08. The summed E-state index contributed by atoms with van der Waals surface area (Å²) in [5.74, 6) is 0.128. The summed E-state index contributed by atoms with van der Waals surface area (Å²) in [6, 6.07) is 9.63. The first-order chi connectivity index (χ1) is 11.3. The molecule has 1 aliphatic carbocycles. The number of nitrogens with one attached hydrogen (secondary N) is 2. The third-order valence-corrected chi connectivity index (χ3v) is 4.08. The van der Waals surface area contributed by atoms with Gasteiger partial charge >= 0.3 is 0 Å². The second kappa shape index (κ2) is 5.68. The number of rotatable bonds is 3. The maximum absolute atomic E-state index is 12.6. The smallest absolute Gasteiger partial charge is 0.278 e. The van der Waals surface area contributed by atoms with Gasteiger partial charge in [-0.05, 0) is 37.8 Å². The molecule has 7 nitrogen and oxygen atoms in total. The molecule has 2 N–H and O–H groups in total. The molecule has 0 saturated carbocycles. The number of H-pyrrole nitrogens is 1. The summed E-state index contributed by atoms with van der Waals surface area (Å²) < 4.78 is 1.73. The van der Waals surface area contributed by atoms with Crippen LogP contribution in [0.4, 0.5) is 5.95 Å². The van der Waals surface area contributed by atoms with Gasteiger partial charge in [-0.3, -0.25) is 19.8 Å². The Labute approximate surface area is 132 Å². The van der Waals surface area contributed by atoms with E-state index in [1.54, 1.807) is 10.9 Å². The molecule has 1 aliphatic rings. The van der Waals surface area contributed by atoms with E-state index in [0.717, 1.165) is 42.6 Å². The molecule has 0 radical (unpaired) electrons. The molecule has 0 atom stereocenters. The SMILES string of the molecule is O=C(Nc1nncn1-c1ccccc1)c1n[nH]c2c1CCCC2. The van der Waals surface area contributed by atoms with Gasteiger partial charge in [-0.25, -0.2) is 0 Å². The van der Waals surface area contributed by atoms with Crippen LogP contribution in [0.15, 0.2) is 36.7 Å². The lowest BCUT2D eigenvalue weighted by Gasteiger charge is -2.11. The van der Waals surface area contributed by atoms with Crippen LogP contribution in [0.5, 0.6) is 0 Å². The highest BCUT2D eigenvalue weighted by molar-refractivity contribution is 6.03.